The topological polar surface area (TPSA) is 70.7 Å². The minimum absolute atomic E-state index is 0.0333. The zero-order valence-corrected chi connectivity index (χ0v) is 23.1. The highest BCUT2D eigenvalue weighted by Gasteiger charge is 2.34. The first-order valence-electron chi connectivity index (χ1n) is 11.8. The molecule has 38 heavy (non-hydrogen) atoms. The average Bonchev–Trinajstić information content (AvgIpc) is 2.84. The quantitative estimate of drug-likeness (QED) is 0.250. The Hall–Kier alpha value is -3.39. The van der Waals surface area contributed by atoms with E-state index in [0.29, 0.717) is 5.56 Å². The molecule has 1 aliphatic heterocycles. The number of halogens is 4. The molecule has 0 bridgehead atoms. The molecule has 0 spiro atoms. The number of hydrogen-bond acceptors (Lipinski definition) is 5. The Labute approximate surface area is 224 Å². The van der Waals surface area contributed by atoms with Gasteiger partial charge in [0.15, 0.2) is 5.82 Å². The molecule has 0 aromatic heterocycles. The molecule has 0 aliphatic carbocycles. The molecule has 2 aromatic rings. The first-order valence-corrected chi connectivity index (χ1v) is 13.0. The van der Waals surface area contributed by atoms with E-state index < -0.39 is 34.9 Å². The number of carbonyl (C=O) groups excluding carboxylic acids is 2. The Bertz CT molecular complexity index is 1260. The molecule has 1 fully saturated rings. The number of hydrogen-bond donors (Lipinski definition) is 2. The van der Waals surface area contributed by atoms with Crippen molar-refractivity contribution in [3.05, 3.63) is 52.3 Å². The summed E-state index contributed by atoms with van der Waals surface area (Å²) in [5.74, 6) is 3.61. The van der Waals surface area contributed by atoms with Crippen LogP contribution in [-0.2, 0) is 16.4 Å². The van der Waals surface area contributed by atoms with Crippen molar-refractivity contribution in [2.24, 2.45) is 0 Å². The molecule has 2 N–H and O–H groups in total. The SMILES string of the molecule is CC.COc1c(C(C)(C)C)cc(N2CCC(=O)NC2=O)c(F)c1C#Cc1ccc(NSC)cc1C(F)(F)F. The van der Waals surface area contributed by atoms with Crippen molar-refractivity contribution >= 4 is 35.3 Å². The lowest BCUT2D eigenvalue weighted by molar-refractivity contribution is -0.137. The number of anilines is 2. The van der Waals surface area contributed by atoms with Crippen LogP contribution >= 0.6 is 11.9 Å². The van der Waals surface area contributed by atoms with Crippen LogP contribution in [0.2, 0.25) is 0 Å². The molecule has 6 nitrogen and oxygen atoms in total. The summed E-state index contributed by atoms with van der Waals surface area (Å²) < 4.78 is 65.2. The molecule has 3 amide bonds. The lowest BCUT2D eigenvalue weighted by atomic mass is 9.84. The zero-order chi connectivity index (χ0) is 28.8. The molecule has 2 aromatic carbocycles. The monoisotopic (exact) mass is 553 g/mol. The van der Waals surface area contributed by atoms with E-state index in [1.54, 1.807) is 6.26 Å². The predicted octanol–water partition coefficient (Wildman–Crippen LogP) is 6.71. The molecular weight excluding hydrogens is 522 g/mol. The fourth-order valence-corrected chi connectivity index (χ4v) is 4.06. The summed E-state index contributed by atoms with van der Waals surface area (Å²) in [5.41, 5.74) is -1.63. The van der Waals surface area contributed by atoms with Crippen molar-refractivity contribution in [2.75, 3.05) is 29.5 Å². The second-order valence-electron chi connectivity index (χ2n) is 8.98. The van der Waals surface area contributed by atoms with Crippen molar-refractivity contribution in [1.29, 1.82) is 0 Å². The van der Waals surface area contributed by atoms with Crippen molar-refractivity contribution in [3.63, 3.8) is 0 Å². The standard InChI is InChI=1S/C25H25F4N3O3S.C2H6/c1-24(2,3)18-13-19(32-11-10-20(33)30-23(32)34)21(26)16(22(18)35-4)9-7-14-6-8-15(31-36-5)12-17(14)25(27,28)29;1-2/h6,8,12-13,31H,10-11H2,1-5H3,(H,30,33,34);1-2H3. The van der Waals surface area contributed by atoms with Crippen molar-refractivity contribution in [3.8, 4) is 17.6 Å². The number of amides is 3. The largest absolute Gasteiger partial charge is 0.495 e. The van der Waals surface area contributed by atoms with Crippen LogP contribution in [0.4, 0.5) is 33.7 Å². The van der Waals surface area contributed by atoms with Gasteiger partial charge in [0, 0.05) is 36.0 Å². The first kappa shape index (κ1) is 30.8. The van der Waals surface area contributed by atoms with Gasteiger partial charge in [-0.25, -0.2) is 9.18 Å². The third kappa shape index (κ3) is 6.92. The molecule has 0 radical (unpaired) electrons. The van der Waals surface area contributed by atoms with Crippen molar-refractivity contribution in [2.45, 2.75) is 52.6 Å². The maximum absolute atomic E-state index is 15.8. The summed E-state index contributed by atoms with van der Waals surface area (Å²) in [6.07, 6.45) is -3.05. The highest BCUT2D eigenvalue weighted by molar-refractivity contribution is 7.99. The maximum atomic E-state index is 15.8. The van der Waals surface area contributed by atoms with E-state index in [9.17, 15) is 22.8 Å². The average molecular weight is 554 g/mol. The Morgan fingerprint density at radius 1 is 1.08 bits per heavy atom. The number of nitrogens with one attached hydrogen (secondary N) is 2. The fraction of sp³-hybridized carbons (Fsp3) is 0.407. The van der Waals surface area contributed by atoms with E-state index in [1.165, 1.54) is 25.3 Å². The van der Waals surface area contributed by atoms with Gasteiger partial charge in [0.25, 0.3) is 0 Å². The van der Waals surface area contributed by atoms with E-state index >= 15 is 4.39 Å². The van der Waals surface area contributed by atoms with Gasteiger partial charge >= 0.3 is 12.2 Å². The minimum atomic E-state index is -4.69. The first-order chi connectivity index (χ1) is 17.8. The van der Waals surface area contributed by atoms with Crippen LogP contribution in [0.15, 0.2) is 24.3 Å². The van der Waals surface area contributed by atoms with E-state index in [0.717, 1.165) is 22.9 Å². The Morgan fingerprint density at radius 2 is 1.74 bits per heavy atom. The van der Waals surface area contributed by atoms with Crippen molar-refractivity contribution < 1.29 is 31.9 Å². The zero-order valence-electron chi connectivity index (χ0n) is 22.3. The van der Waals surface area contributed by atoms with Crippen LogP contribution in [0.25, 0.3) is 0 Å². The Kier molecular flexibility index (Phi) is 10.1. The number of urea groups is 1. The molecule has 11 heteroatoms. The fourth-order valence-electron chi connectivity index (χ4n) is 3.70. The second-order valence-corrected chi connectivity index (χ2v) is 9.60. The number of alkyl halides is 3. The third-order valence-corrected chi connectivity index (χ3v) is 5.86. The molecule has 0 atom stereocenters. The number of rotatable bonds is 4. The number of ether oxygens (including phenoxy) is 1. The van der Waals surface area contributed by atoms with E-state index in [1.807, 2.05) is 34.6 Å². The van der Waals surface area contributed by atoms with E-state index in [4.69, 9.17) is 4.74 Å². The molecule has 1 aliphatic rings. The minimum Gasteiger partial charge on any atom is -0.495 e. The van der Waals surface area contributed by atoms with Crippen molar-refractivity contribution in [1.82, 2.24) is 5.32 Å². The van der Waals surface area contributed by atoms with Gasteiger partial charge in [0.2, 0.25) is 5.91 Å². The second kappa shape index (κ2) is 12.4. The van der Waals surface area contributed by atoms with Gasteiger partial charge in [-0.1, -0.05) is 58.4 Å². The summed E-state index contributed by atoms with van der Waals surface area (Å²) >= 11 is 1.14. The summed E-state index contributed by atoms with van der Waals surface area (Å²) in [7, 11) is 1.31. The molecular formula is C27H31F4N3O3S. The highest BCUT2D eigenvalue weighted by Crippen LogP contribution is 2.40. The van der Waals surface area contributed by atoms with Gasteiger partial charge in [0.1, 0.15) is 11.3 Å². The highest BCUT2D eigenvalue weighted by atomic mass is 32.2. The number of benzene rings is 2. The van der Waals surface area contributed by atoms with Gasteiger partial charge < -0.3 is 9.46 Å². The van der Waals surface area contributed by atoms with Crippen LogP contribution < -0.4 is 19.7 Å². The number of imide groups is 1. The van der Waals surface area contributed by atoms with Gasteiger partial charge in [-0.05, 0) is 29.7 Å². The van der Waals surface area contributed by atoms with E-state index in [2.05, 4.69) is 21.9 Å². The van der Waals surface area contributed by atoms with Crippen LogP contribution in [0.3, 0.4) is 0 Å². The van der Waals surface area contributed by atoms with Gasteiger partial charge in [-0.2, -0.15) is 13.2 Å². The Morgan fingerprint density at radius 3 is 2.26 bits per heavy atom. The van der Waals surface area contributed by atoms with Crippen LogP contribution in [0, 0.1) is 17.7 Å². The predicted molar refractivity (Wildman–Crippen MR) is 143 cm³/mol. The maximum Gasteiger partial charge on any atom is 0.417 e. The van der Waals surface area contributed by atoms with Gasteiger partial charge in [-0.3, -0.25) is 15.0 Å². The van der Waals surface area contributed by atoms with Gasteiger partial charge in [-0.15, -0.1) is 0 Å². The molecule has 0 unspecified atom stereocenters. The lowest BCUT2D eigenvalue weighted by Crippen LogP contribution is -2.50. The lowest BCUT2D eigenvalue weighted by Gasteiger charge is -2.30. The molecule has 206 valence electrons. The summed E-state index contributed by atoms with van der Waals surface area (Å²) in [4.78, 5) is 25.1. The summed E-state index contributed by atoms with van der Waals surface area (Å²) in [6, 6.07) is 4.22. The summed E-state index contributed by atoms with van der Waals surface area (Å²) in [6.45, 7) is 9.45. The Balaban J connectivity index is 0.00000247. The van der Waals surface area contributed by atoms with Crippen LogP contribution in [0.1, 0.15) is 63.3 Å². The van der Waals surface area contributed by atoms with E-state index in [-0.39, 0.29) is 41.2 Å². The molecule has 1 saturated heterocycles. The smallest absolute Gasteiger partial charge is 0.417 e. The third-order valence-electron chi connectivity index (χ3n) is 5.42. The normalized spacial score (nSPS) is 13.6. The molecule has 0 saturated carbocycles. The van der Waals surface area contributed by atoms with Crippen LogP contribution in [0.5, 0.6) is 5.75 Å². The number of carbonyl (C=O) groups is 2. The number of methoxy groups -OCH3 is 1. The molecule has 3 rings (SSSR count). The number of nitrogens with zero attached hydrogens (tertiary/aromatic N) is 1. The van der Waals surface area contributed by atoms with Crippen LogP contribution in [-0.4, -0.2) is 31.8 Å². The molecule has 1 heterocycles. The van der Waals surface area contributed by atoms with Gasteiger partial charge in [0.05, 0.1) is 18.4 Å². The summed E-state index contributed by atoms with van der Waals surface area (Å²) in [5, 5.41) is 2.14.